The third-order valence-corrected chi connectivity index (χ3v) is 5.51. The molecule has 8 nitrogen and oxygen atoms in total. The summed E-state index contributed by atoms with van der Waals surface area (Å²) in [5.41, 5.74) is 0.591. The number of nitrogens with zero attached hydrogens (tertiary/aromatic N) is 4. The zero-order chi connectivity index (χ0) is 22.3. The molecular formula is C22H15ClN4O4. The van der Waals surface area contributed by atoms with E-state index in [1.807, 2.05) is 13.0 Å². The van der Waals surface area contributed by atoms with Crippen LogP contribution in [0.5, 0.6) is 0 Å². The van der Waals surface area contributed by atoms with Gasteiger partial charge in [-0.3, -0.25) is 14.9 Å². The zero-order valence-corrected chi connectivity index (χ0v) is 17.0. The highest BCUT2D eigenvalue weighted by molar-refractivity contribution is 6.30. The summed E-state index contributed by atoms with van der Waals surface area (Å²) in [7, 11) is 0. The Labute approximate surface area is 181 Å². The second kappa shape index (κ2) is 7.70. The second-order valence-corrected chi connectivity index (χ2v) is 7.60. The molecule has 0 radical (unpaired) electrons. The quantitative estimate of drug-likeness (QED) is 0.492. The maximum atomic E-state index is 13.0. The maximum absolute atomic E-state index is 13.0. The Balaban J connectivity index is 1.98. The monoisotopic (exact) mass is 434 g/mol. The van der Waals surface area contributed by atoms with Gasteiger partial charge >= 0.3 is 0 Å². The Kier molecular flexibility index (Phi) is 5.05. The molecule has 154 valence electrons. The Morgan fingerprint density at radius 3 is 2.45 bits per heavy atom. The summed E-state index contributed by atoms with van der Waals surface area (Å²) in [4.78, 5) is 24.2. The Morgan fingerprint density at radius 1 is 1.23 bits per heavy atom. The molecule has 0 fully saturated rings. The van der Waals surface area contributed by atoms with Gasteiger partial charge in [-0.15, -0.1) is 0 Å². The number of allylic oxidation sites excluding steroid dienone is 1. The van der Waals surface area contributed by atoms with Gasteiger partial charge in [-0.25, -0.2) is 0 Å². The molecule has 1 aromatic heterocycles. The van der Waals surface area contributed by atoms with E-state index in [0.29, 0.717) is 16.3 Å². The molecule has 0 bridgehead atoms. The van der Waals surface area contributed by atoms with E-state index in [1.165, 1.54) is 0 Å². The molecule has 1 heterocycles. The van der Waals surface area contributed by atoms with E-state index in [1.54, 1.807) is 48.5 Å². The van der Waals surface area contributed by atoms with Crippen molar-refractivity contribution in [2.75, 3.05) is 0 Å². The summed E-state index contributed by atoms with van der Waals surface area (Å²) in [6.07, 6.45) is -0.0305. The third-order valence-electron chi connectivity index (χ3n) is 5.26. The first-order valence-electron chi connectivity index (χ1n) is 9.28. The zero-order valence-electron chi connectivity index (χ0n) is 16.2. The van der Waals surface area contributed by atoms with Crippen LogP contribution < -0.4 is 5.56 Å². The minimum atomic E-state index is -0.872. The van der Waals surface area contributed by atoms with Crippen LogP contribution in [0.1, 0.15) is 33.9 Å². The molecule has 1 aliphatic rings. The lowest BCUT2D eigenvalue weighted by molar-refractivity contribution is -0.430. The lowest BCUT2D eigenvalue weighted by Crippen LogP contribution is -2.31. The fraction of sp³-hybridized carbons (Fsp3) is 0.136. The van der Waals surface area contributed by atoms with Gasteiger partial charge < -0.3 is 5.11 Å². The van der Waals surface area contributed by atoms with E-state index in [2.05, 4.69) is 5.10 Å². The molecule has 1 unspecified atom stereocenters. The molecule has 2 aromatic carbocycles. The van der Waals surface area contributed by atoms with Crippen molar-refractivity contribution in [2.24, 2.45) is 0 Å². The molecule has 0 saturated heterocycles. The highest BCUT2D eigenvalue weighted by Crippen LogP contribution is 2.39. The van der Waals surface area contributed by atoms with Crippen molar-refractivity contribution in [3.8, 4) is 11.8 Å². The number of aryl methyl sites for hydroxylation is 1. The van der Waals surface area contributed by atoms with Crippen molar-refractivity contribution >= 4 is 17.4 Å². The predicted molar refractivity (Wildman–Crippen MR) is 114 cm³/mol. The minimum Gasteiger partial charge on any atom is -0.501 e. The second-order valence-electron chi connectivity index (χ2n) is 7.17. The Morgan fingerprint density at radius 2 is 1.87 bits per heavy atom. The van der Waals surface area contributed by atoms with E-state index < -0.39 is 27.9 Å². The van der Waals surface area contributed by atoms with Gasteiger partial charge in [-0.2, -0.15) is 15.0 Å². The number of aliphatic hydroxyl groups is 1. The third kappa shape index (κ3) is 3.45. The van der Waals surface area contributed by atoms with Crippen molar-refractivity contribution in [3.05, 3.63) is 108 Å². The van der Waals surface area contributed by atoms with Gasteiger partial charge in [0.25, 0.3) is 11.3 Å². The summed E-state index contributed by atoms with van der Waals surface area (Å²) in [6, 6.07) is 15.1. The number of rotatable bonds is 3. The summed E-state index contributed by atoms with van der Waals surface area (Å²) in [5.74, 6) is -1.54. The molecule has 0 aliphatic heterocycles. The van der Waals surface area contributed by atoms with E-state index in [-0.39, 0.29) is 23.2 Å². The topological polar surface area (TPSA) is 122 Å². The fourth-order valence-corrected chi connectivity index (χ4v) is 3.82. The molecule has 1 N–H and O–H groups in total. The van der Waals surface area contributed by atoms with Gasteiger partial charge in [0.2, 0.25) is 5.76 Å². The molecule has 0 saturated carbocycles. The van der Waals surface area contributed by atoms with Gasteiger partial charge in [0.05, 0.1) is 16.5 Å². The van der Waals surface area contributed by atoms with Crippen molar-refractivity contribution in [3.63, 3.8) is 0 Å². The first kappa shape index (κ1) is 20.3. The number of halogens is 1. The summed E-state index contributed by atoms with van der Waals surface area (Å²) in [6.45, 7) is 1.88. The highest BCUT2D eigenvalue weighted by Gasteiger charge is 2.40. The maximum Gasteiger partial charge on any atom is 0.297 e. The number of benzene rings is 2. The molecule has 0 amide bonds. The van der Waals surface area contributed by atoms with Crippen molar-refractivity contribution in [1.29, 1.82) is 5.26 Å². The lowest BCUT2D eigenvalue weighted by atomic mass is 9.82. The molecule has 31 heavy (non-hydrogen) atoms. The van der Waals surface area contributed by atoms with Crippen LogP contribution >= 0.6 is 11.6 Å². The van der Waals surface area contributed by atoms with E-state index >= 15 is 0 Å². The predicted octanol–water partition coefficient (Wildman–Crippen LogP) is 3.91. The molecule has 0 spiro atoms. The molecule has 1 atom stereocenters. The van der Waals surface area contributed by atoms with Gasteiger partial charge in [0.1, 0.15) is 17.3 Å². The number of fused-ring (bicyclic) bond motifs is 1. The first-order chi connectivity index (χ1) is 14.8. The van der Waals surface area contributed by atoms with E-state index in [9.17, 15) is 25.3 Å². The van der Waals surface area contributed by atoms with Crippen LogP contribution in [0.15, 0.2) is 59.0 Å². The number of hydrogen-bond donors (Lipinski definition) is 1. The number of hydrogen-bond acceptors (Lipinski definition) is 6. The smallest absolute Gasteiger partial charge is 0.297 e. The molecule has 1 aliphatic carbocycles. The van der Waals surface area contributed by atoms with Crippen LogP contribution in [0.2, 0.25) is 5.02 Å². The molecule has 9 heteroatoms. The number of aliphatic hydroxyl groups excluding tert-OH is 1. The number of aromatic nitrogens is 2. The van der Waals surface area contributed by atoms with E-state index in [0.717, 1.165) is 10.2 Å². The molecular weight excluding hydrogens is 420 g/mol. The summed E-state index contributed by atoms with van der Waals surface area (Å²) in [5, 5.41) is 37.0. The van der Waals surface area contributed by atoms with Crippen molar-refractivity contribution < 1.29 is 10.0 Å². The number of nitro groups is 1. The number of nitriles is 1. The average Bonchev–Trinajstić information content (AvgIpc) is 2.74. The van der Waals surface area contributed by atoms with Crippen LogP contribution in [-0.2, 0) is 6.42 Å². The fourth-order valence-electron chi connectivity index (χ4n) is 3.70. The summed E-state index contributed by atoms with van der Waals surface area (Å²) >= 11 is 5.92. The average molecular weight is 435 g/mol. The van der Waals surface area contributed by atoms with E-state index in [4.69, 9.17) is 11.6 Å². The van der Waals surface area contributed by atoms with Gasteiger partial charge in [-0.05, 0) is 43.2 Å². The van der Waals surface area contributed by atoms with Crippen molar-refractivity contribution in [1.82, 2.24) is 9.78 Å². The van der Waals surface area contributed by atoms with Crippen LogP contribution in [-0.4, -0.2) is 19.8 Å². The van der Waals surface area contributed by atoms with Crippen LogP contribution in [0, 0.1) is 28.4 Å². The highest BCUT2D eigenvalue weighted by atomic mass is 35.5. The largest absolute Gasteiger partial charge is 0.501 e. The van der Waals surface area contributed by atoms with Crippen molar-refractivity contribution in [2.45, 2.75) is 19.3 Å². The standard InChI is InChI=1S/C22H15ClN4O4/c1-12-2-8-15(9-3-12)26-22(29)18(11-24)17-10-16(13-4-6-14(23)7-5-13)20(27(30)31)21(28)19(17)25-26/h2-9,16,28H,10H2,1H3. The minimum absolute atomic E-state index is 0.0305. The normalized spacial score (nSPS) is 15.3. The van der Waals surface area contributed by atoms with Gasteiger partial charge in [-0.1, -0.05) is 41.4 Å². The first-order valence-corrected chi connectivity index (χ1v) is 9.66. The SMILES string of the molecule is Cc1ccc(-n2nc3c(c(C#N)c2=O)CC(c2ccc(Cl)cc2)C([N+](=O)[O-])=C3O)cc1. The van der Waals surface area contributed by atoms with Gasteiger partial charge in [0.15, 0.2) is 0 Å². The Hall–Kier alpha value is -3.96. The molecule has 3 aromatic rings. The van der Waals surface area contributed by atoms with Crippen LogP contribution in [0.3, 0.4) is 0 Å². The van der Waals surface area contributed by atoms with Crippen LogP contribution in [0.4, 0.5) is 0 Å². The molecule has 4 rings (SSSR count). The Bertz CT molecular complexity index is 1340. The summed E-state index contributed by atoms with van der Waals surface area (Å²) < 4.78 is 0.979. The van der Waals surface area contributed by atoms with Crippen LogP contribution in [0.25, 0.3) is 11.4 Å². The lowest BCUT2D eigenvalue weighted by Gasteiger charge is -2.23. The van der Waals surface area contributed by atoms with Gasteiger partial charge in [0, 0.05) is 10.6 Å².